The van der Waals surface area contributed by atoms with E-state index < -0.39 is 12.4 Å². The van der Waals surface area contributed by atoms with Crippen molar-refractivity contribution in [1.29, 1.82) is 0 Å². The molecule has 72 valence electrons. The monoisotopic (exact) mass is 205 g/mol. The minimum absolute atomic E-state index is 0.305. The quantitative estimate of drug-likeness (QED) is 0.528. The number of hydrogen-bond acceptors (Lipinski definition) is 1. The molecule has 0 unspecified atom stereocenters. The molecule has 0 atom stereocenters. The summed E-state index contributed by atoms with van der Waals surface area (Å²) < 4.78 is 37.0. The highest BCUT2D eigenvalue weighted by atomic mass is 32.2. The molecule has 1 aromatic carbocycles. The van der Waals surface area contributed by atoms with Gasteiger partial charge in [0.2, 0.25) is 0 Å². The van der Waals surface area contributed by atoms with Crippen molar-refractivity contribution >= 4 is 24.2 Å². The fourth-order valence-electron chi connectivity index (χ4n) is 1.14. The second-order valence-electron chi connectivity index (χ2n) is 2.80. The maximum absolute atomic E-state index is 12.3. The van der Waals surface area contributed by atoms with Crippen molar-refractivity contribution < 1.29 is 12.9 Å². The average Bonchev–Trinajstić information content (AvgIpc) is 2.01. The van der Waals surface area contributed by atoms with Crippen LogP contribution in [0.25, 0.3) is 0 Å². The first-order chi connectivity index (χ1) is 5.95. The second kappa shape index (κ2) is 3.66. The lowest BCUT2D eigenvalue weighted by Crippen LogP contribution is -2.35. The molecule has 0 spiro atoms. The van der Waals surface area contributed by atoms with E-state index >= 15 is 0 Å². The maximum Gasteiger partial charge on any atom is 0.509 e. The molecule has 0 fully saturated rings. The summed E-state index contributed by atoms with van der Waals surface area (Å²) in [5.41, 5.74) is -0.183. The van der Waals surface area contributed by atoms with Crippen LogP contribution in [0, 0.1) is 6.92 Å². The Morgan fingerprint density at radius 1 is 1.23 bits per heavy atom. The highest BCUT2D eigenvalue weighted by Gasteiger charge is 2.26. The molecule has 1 rings (SSSR count). The van der Waals surface area contributed by atoms with Crippen molar-refractivity contribution in [2.45, 2.75) is 11.8 Å². The average molecular weight is 205 g/mol. The third-order valence-electron chi connectivity index (χ3n) is 1.83. The highest BCUT2D eigenvalue weighted by molar-refractivity contribution is 7.98. The van der Waals surface area contributed by atoms with Gasteiger partial charge in [0, 0.05) is 4.90 Å². The standard InChI is InChI=1S/C8H9BF3S/c1-6-5-7(13-2)3-4-8(6)9(10,11)12/h3-5H,1-2H3/q-1. The van der Waals surface area contributed by atoms with Crippen LogP contribution in [0.4, 0.5) is 12.9 Å². The van der Waals surface area contributed by atoms with Crippen LogP contribution in [-0.2, 0) is 0 Å². The fourth-order valence-corrected chi connectivity index (χ4v) is 1.64. The van der Waals surface area contributed by atoms with Crippen LogP contribution in [0.2, 0.25) is 0 Å². The molecule has 1 aromatic rings. The summed E-state index contributed by atoms with van der Waals surface area (Å²) >= 11 is 1.44. The van der Waals surface area contributed by atoms with E-state index in [0.717, 1.165) is 11.0 Å². The number of hydrogen-bond donors (Lipinski definition) is 0. The Morgan fingerprint density at radius 2 is 1.85 bits per heavy atom. The van der Waals surface area contributed by atoms with Gasteiger partial charge in [-0.2, -0.15) is 0 Å². The first-order valence-corrected chi connectivity index (χ1v) is 5.02. The summed E-state index contributed by atoms with van der Waals surface area (Å²) in [4.78, 5) is 0.862. The van der Waals surface area contributed by atoms with Gasteiger partial charge in [0.15, 0.2) is 0 Å². The lowest BCUT2D eigenvalue weighted by atomic mass is 9.77. The van der Waals surface area contributed by atoms with Crippen LogP contribution < -0.4 is 5.46 Å². The summed E-state index contributed by atoms with van der Waals surface area (Å²) in [6, 6.07) is 4.22. The van der Waals surface area contributed by atoms with Gasteiger partial charge in [-0.15, -0.1) is 17.2 Å². The normalized spacial score (nSPS) is 11.8. The summed E-state index contributed by atoms with van der Waals surface area (Å²) in [7, 11) is 0. The van der Waals surface area contributed by atoms with Gasteiger partial charge >= 0.3 is 6.98 Å². The molecule has 13 heavy (non-hydrogen) atoms. The minimum Gasteiger partial charge on any atom is -0.445 e. The lowest BCUT2D eigenvalue weighted by molar-refractivity contribution is 0.500. The minimum atomic E-state index is -4.86. The Balaban J connectivity index is 3.13. The maximum atomic E-state index is 12.3. The van der Waals surface area contributed by atoms with Gasteiger partial charge in [-0.05, 0) is 19.2 Å². The molecule has 0 amide bonds. The number of benzene rings is 1. The van der Waals surface area contributed by atoms with Gasteiger partial charge in [0.05, 0.1) is 0 Å². The zero-order valence-electron chi connectivity index (χ0n) is 7.35. The van der Waals surface area contributed by atoms with Crippen LogP contribution in [0.1, 0.15) is 5.56 Å². The zero-order chi connectivity index (χ0) is 10.1. The number of thioether (sulfide) groups is 1. The summed E-state index contributed by atoms with van der Waals surface area (Å²) in [6.07, 6.45) is 1.84. The Morgan fingerprint density at radius 3 is 2.23 bits per heavy atom. The van der Waals surface area contributed by atoms with Gasteiger partial charge in [-0.1, -0.05) is 17.7 Å². The van der Waals surface area contributed by atoms with Crippen LogP contribution in [0.15, 0.2) is 23.1 Å². The first kappa shape index (κ1) is 10.5. The van der Waals surface area contributed by atoms with E-state index in [2.05, 4.69) is 0 Å². The Bertz CT molecular complexity index is 309. The van der Waals surface area contributed by atoms with Crippen molar-refractivity contribution in [3.63, 3.8) is 0 Å². The summed E-state index contributed by atoms with van der Waals surface area (Å²) in [5.74, 6) is 0. The highest BCUT2D eigenvalue weighted by Crippen LogP contribution is 2.18. The van der Waals surface area contributed by atoms with Gasteiger partial charge in [-0.25, -0.2) is 0 Å². The van der Waals surface area contributed by atoms with Crippen molar-refractivity contribution in [3.05, 3.63) is 23.8 Å². The summed E-state index contributed by atoms with van der Waals surface area (Å²) in [5, 5.41) is 0. The van der Waals surface area contributed by atoms with Crippen LogP contribution in [0.3, 0.4) is 0 Å². The largest absolute Gasteiger partial charge is 0.509 e. The molecule has 0 aliphatic heterocycles. The Labute approximate surface area is 79.6 Å². The molecule has 0 saturated carbocycles. The van der Waals surface area contributed by atoms with E-state index in [1.165, 1.54) is 24.8 Å². The first-order valence-electron chi connectivity index (χ1n) is 3.79. The topological polar surface area (TPSA) is 0 Å². The van der Waals surface area contributed by atoms with Crippen molar-refractivity contribution in [3.8, 4) is 0 Å². The fraction of sp³-hybridized carbons (Fsp3) is 0.250. The van der Waals surface area contributed by atoms with Gasteiger partial charge in [0.1, 0.15) is 0 Å². The van der Waals surface area contributed by atoms with Crippen LogP contribution in [0.5, 0.6) is 0 Å². The van der Waals surface area contributed by atoms with E-state index in [1.807, 2.05) is 6.26 Å². The molecule has 0 heterocycles. The molecule has 0 bridgehead atoms. The molecule has 0 N–H and O–H groups in total. The zero-order valence-corrected chi connectivity index (χ0v) is 8.17. The van der Waals surface area contributed by atoms with Crippen molar-refractivity contribution in [2.24, 2.45) is 0 Å². The van der Waals surface area contributed by atoms with Gasteiger partial charge < -0.3 is 12.9 Å². The molecule has 0 saturated heterocycles. The molecule has 0 aliphatic carbocycles. The number of aryl methyl sites for hydroxylation is 1. The van der Waals surface area contributed by atoms with E-state index in [-0.39, 0.29) is 0 Å². The molecular formula is C8H9BF3S-. The Hall–Kier alpha value is -0.575. The molecule has 0 radical (unpaired) electrons. The van der Waals surface area contributed by atoms with E-state index in [0.29, 0.717) is 5.56 Å². The molecule has 0 aliphatic rings. The summed E-state index contributed by atoms with van der Waals surface area (Å²) in [6.45, 7) is -3.37. The van der Waals surface area contributed by atoms with E-state index in [1.54, 1.807) is 6.07 Å². The smallest absolute Gasteiger partial charge is 0.445 e. The third kappa shape index (κ3) is 2.43. The predicted molar refractivity (Wildman–Crippen MR) is 51.7 cm³/mol. The SMILES string of the molecule is CSc1ccc([B-](F)(F)F)c(C)c1. The second-order valence-corrected chi connectivity index (χ2v) is 3.68. The Kier molecular flexibility index (Phi) is 2.96. The van der Waals surface area contributed by atoms with E-state index in [9.17, 15) is 12.9 Å². The lowest BCUT2D eigenvalue weighted by Gasteiger charge is -2.18. The van der Waals surface area contributed by atoms with Crippen molar-refractivity contribution in [2.75, 3.05) is 6.26 Å². The third-order valence-corrected chi connectivity index (χ3v) is 2.55. The number of rotatable bonds is 2. The predicted octanol–water partition coefficient (Wildman–Crippen LogP) is 2.77. The molecule has 5 heteroatoms. The van der Waals surface area contributed by atoms with Crippen molar-refractivity contribution in [1.82, 2.24) is 0 Å². The molecular weight excluding hydrogens is 196 g/mol. The van der Waals surface area contributed by atoms with Crippen LogP contribution >= 0.6 is 11.8 Å². The molecule has 0 aromatic heterocycles. The van der Waals surface area contributed by atoms with Crippen LogP contribution in [-0.4, -0.2) is 13.2 Å². The van der Waals surface area contributed by atoms with Gasteiger partial charge in [0.25, 0.3) is 0 Å². The van der Waals surface area contributed by atoms with Gasteiger partial charge in [-0.3, -0.25) is 0 Å². The van der Waals surface area contributed by atoms with E-state index in [4.69, 9.17) is 0 Å². The number of halogens is 3. The molecule has 0 nitrogen and oxygen atoms in total.